The molecule has 0 amide bonds. The van der Waals surface area contributed by atoms with E-state index in [-0.39, 0.29) is 17.5 Å². The lowest BCUT2D eigenvalue weighted by Gasteiger charge is -2.25. The molecule has 0 unspecified atom stereocenters. The summed E-state index contributed by atoms with van der Waals surface area (Å²) >= 11 is 0. The van der Waals surface area contributed by atoms with E-state index in [1.165, 1.54) is 12.3 Å². The lowest BCUT2D eigenvalue weighted by atomic mass is 10.1. The second-order valence-corrected chi connectivity index (χ2v) is 5.66. The van der Waals surface area contributed by atoms with Gasteiger partial charge >= 0.3 is 5.97 Å². The number of aromatic carboxylic acids is 1. The van der Waals surface area contributed by atoms with Gasteiger partial charge in [0.25, 0.3) is 0 Å². The molecule has 2 heterocycles. The first-order valence-corrected chi connectivity index (χ1v) is 6.95. The van der Waals surface area contributed by atoms with Crippen LogP contribution in [0.5, 0.6) is 0 Å². The zero-order valence-corrected chi connectivity index (χ0v) is 13.0. The third-order valence-electron chi connectivity index (χ3n) is 3.43. The molecule has 0 saturated heterocycles. The fraction of sp³-hybridized carbons (Fsp3) is 0.467. The van der Waals surface area contributed by atoms with Crippen molar-refractivity contribution in [3.05, 3.63) is 23.5 Å². The number of pyridine rings is 1. The molecule has 112 valence electrons. The summed E-state index contributed by atoms with van der Waals surface area (Å²) in [6, 6.07) is 1.78. The molecule has 0 aliphatic rings. The summed E-state index contributed by atoms with van der Waals surface area (Å²) in [5.41, 5.74) is 1.97. The van der Waals surface area contributed by atoms with Gasteiger partial charge in [0.05, 0.1) is 11.3 Å². The first-order chi connectivity index (χ1) is 9.81. The van der Waals surface area contributed by atoms with Crippen molar-refractivity contribution >= 4 is 23.0 Å². The molecule has 0 atom stereocenters. The highest BCUT2D eigenvalue weighted by molar-refractivity contribution is 5.90. The van der Waals surface area contributed by atoms with Gasteiger partial charge in [0, 0.05) is 19.3 Å². The molecule has 2 rings (SSSR count). The molecule has 0 spiro atoms. The van der Waals surface area contributed by atoms with Gasteiger partial charge in [-0.05, 0) is 25.8 Å². The van der Waals surface area contributed by atoms with Crippen LogP contribution in [-0.2, 0) is 0 Å². The van der Waals surface area contributed by atoms with Crippen LogP contribution in [0.1, 0.15) is 49.7 Å². The number of nitrogens with zero attached hydrogens (tertiary/aromatic N) is 4. The lowest BCUT2D eigenvalue weighted by molar-refractivity contribution is 0.0696. The summed E-state index contributed by atoms with van der Waals surface area (Å²) in [5, 5.41) is 9.06. The Morgan fingerprint density at radius 1 is 1.24 bits per heavy atom. The second kappa shape index (κ2) is 5.63. The summed E-state index contributed by atoms with van der Waals surface area (Å²) in [4.78, 5) is 26.4. The molecule has 0 aliphatic heterocycles. The molecule has 0 radical (unpaired) electrons. The molecule has 2 aromatic rings. The van der Waals surface area contributed by atoms with E-state index in [9.17, 15) is 4.79 Å². The molecular formula is C15H20N4O2. The summed E-state index contributed by atoms with van der Waals surface area (Å²) in [5.74, 6) is -0.0335. The second-order valence-electron chi connectivity index (χ2n) is 5.66. The van der Waals surface area contributed by atoms with Gasteiger partial charge in [-0.2, -0.15) is 0 Å². The Labute approximate surface area is 123 Å². The highest BCUT2D eigenvalue weighted by atomic mass is 16.4. The highest BCUT2D eigenvalue weighted by Gasteiger charge is 2.18. The van der Waals surface area contributed by atoms with Crippen LogP contribution < -0.4 is 4.90 Å². The Bertz CT molecular complexity index is 683. The molecule has 0 saturated carbocycles. The van der Waals surface area contributed by atoms with E-state index in [2.05, 4.69) is 42.6 Å². The minimum atomic E-state index is -1.02. The molecule has 6 nitrogen and oxygen atoms in total. The zero-order chi connectivity index (χ0) is 15.7. The van der Waals surface area contributed by atoms with Crippen molar-refractivity contribution in [3.63, 3.8) is 0 Å². The number of fused-ring (bicyclic) bond motifs is 1. The third kappa shape index (κ3) is 2.94. The van der Waals surface area contributed by atoms with Gasteiger partial charge in [0.1, 0.15) is 5.52 Å². The molecule has 21 heavy (non-hydrogen) atoms. The Morgan fingerprint density at radius 2 is 1.90 bits per heavy atom. The SMILES string of the molecule is CC(C)c1nc2ncc(C(=O)O)cc2nc1N(C)C(C)C. The molecule has 1 N–H and O–H groups in total. The molecule has 0 bridgehead atoms. The number of aromatic nitrogens is 3. The van der Waals surface area contributed by atoms with Gasteiger partial charge in [0.15, 0.2) is 11.5 Å². The van der Waals surface area contributed by atoms with Crippen molar-refractivity contribution < 1.29 is 9.90 Å². The average Bonchev–Trinajstić information content (AvgIpc) is 2.44. The summed E-state index contributed by atoms with van der Waals surface area (Å²) in [6.45, 7) is 8.25. The maximum Gasteiger partial charge on any atom is 0.337 e. The quantitative estimate of drug-likeness (QED) is 0.931. The van der Waals surface area contributed by atoms with Crippen LogP contribution in [0, 0.1) is 0 Å². The van der Waals surface area contributed by atoms with E-state index in [1.54, 1.807) is 0 Å². The maximum absolute atomic E-state index is 11.0. The minimum absolute atomic E-state index is 0.118. The zero-order valence-electron chi connectivity index (χ0n) is 13.0. The van der Waals surface area contributed by atoms with Crippen LogP contribution in [0.2, 0.25) is 0 Å². The van der Waals surface area contributed by atoms with Gasteiger partial charge in [0.2, 0.25) is 0 Å². The fourth-order valence-corrected chi connectivity index (χ4v) is 1.96. The number of hydrogen-bond acceptors (Lipinski definition) is 5. The largest absolute Gasteiger partial charge is 0.478 e. The standard InChI is InChI=1S/C15H20N4O2/c1-8(2)12-14(19(5)9(3)4)17-11-6-10(15(20)21)7-16-13(11)18-12/h6-9H,1-5H3,(H,20,21). The average molecular weight is 288 g/mol. The fourth-order valence-electron chi connectivity index (χ4n) is 1.96. The van der Waals surface area contributed by atoms with Crippen molar-refractivity contribution in [1.29, 1.82) is 0 Å². The Balaban J connectivity index is 2.68. The number of carbonyl (C=O) groups is 1. The minimum Gasteiger partial charge on any atom is -0.478 e. The van der Waals surface area contributed by atoms with Crippen LogP contribution in [0.15, 0.2) is 12.3 Å². The topological polar surface area (TPSA) is 79.2 Å². The van der Waals surface area contributed by atoms with Crippen molar-refractivity contribution in [2.24, 2.45) is 0 Å². The number of hydrogen-bond donors (Lipinski definition) is 1. The van der Waals surface area contributed by atoms with Crippen molar-refractivity contribution in [1.82, 2.24) is 15.0 Å². The Hall–Kier alpha value is -2.24. The van der Waals surface area contributed by atoms with Crippen molar-refractivity contribution in [2.75, 3.05) is 11.9 Å². The number of carboxylic acids is 1. The monoisotopic (exact) mass is 288 g/mol. The molecule has 2 aromatic heterocycles. The summed E-state index contributed by atoms with van der Waals surface area (Å²) in [7, 11) is 1.96. The Morgan fingerprint density at radius 3 is 2.43 bits per heavy atom. The summed E-state index contributed by atoms with van der Waals surface area (Å²) < 4.78 is 0. The van der Waals surface area contributed by atoms with Gasteiger partial charge in [-0.1, -0.05) is 13.8 Å². The summed E-state index contributed by atoms with van der Waals surface area (Å²) in [6.07, 6.45) is 1.31. The first-order valence-electron chi connectivity index (χ1n) is 6.95. The molecule has 0 aliphatic carbocycles. The van der Waals surface area contributed by atoms with Crippen LogP contribution in [0.3, 0.4) is 0 Å². The number of anilines is 1. The molecule has 0 aromatic carbocycles. The van der Waals surface area contributed by atoms with E-state index in [1.807, 2.05) is 11.9 Å². The van der Waals surface area contributed by atoms with Crippen LogP contribution in [-0.4, -0.2) is 39.1 Å². The van der Waals surface area contributed by atoms with Crippen molar-refractivity contribution in [3.8, 4) is 0 Å². The van der Waals surface area contributed by atoms with Gasteiger partial charge in [-0.3, -0.25) is 0 Å². The van der Waals surface area contributed by atoms with Crippen LogP contribution in [0.25, 0.3) is 11.2 Å². The van der Waals surface area contributed by atoms with E-state index < -0.39 is 5.97 Å². The smallest absolute Gasteiger partial charge is 0.337 e. The molecular weight excluding hydrogens is 268 g/mol. The van der Waals surface area contributed by atoms with Crippen molar-refractivity contribution in [2.45, 2.75) is 39.7 Å². The van der Waals surface area contributed by atoms with Gasteiger partial charge in [-0.15, -0.1) is 0 Å². The molecule has 6 heteroatoms. The highest BCUT2D eigenvalue weighted by Crippen LogP contribution is 2.26. The maximum atomic E-state index is 11.0. The van der Waals surface area contributed by atoms with E-state index in [4.69, 9.17) is 5.11 Å². The number of carboxylic acid groups (broad SMARTS) is 1. The van der Waals surface area contributed by atoms with E-state index >= 15 is 0 Å². The molecule has 0 fully saturated rings. The van der Waals surface area contributed by atoms with E-state index in [0.717, 1.165) is 11.5 Å². The lowest BCUT2D eigenvalue weighted by Crippen LogP contribution is -2.28. The van der Waals surface area contributed by atoms with Crippen LogP contribution in [0.4, 0.5) is 5.82 Å². The third-order valence-corrected chi connectivity index (χ3v) is 3.43. The number of rotatable bonds is 4. The van der Waals surface area contributed by atoms with Gasteiger partial charge < -0.3 is 10.0 Å². The van der Waals surface area contributed by atoms with Crippen LogP contribution >= 0.6 is 0 Å². The Kier molecular flexibility index (Phi) is 4.06. The predicted molar refractivity (Wildman–Crippen MR) is 81.9 cm³/mol. The van der Waals surface area contributed by atoms with Gasteiger partial charge in [-0.25, -0.2) is 19.7 Å². The normalized spacial score (nSPS) is 11.4. The first kappa shape index (κ1) is 15.2. The predicted octanol–water partition coefficient (Wildman–Crippen LogP) is 2.69. The van der Waals surface area contributed by atoms with E-state index in [0.29, 0.717) is 11.2 Å².